The van der Waals surface area contributed by atoms with Crippen LogP contribution in [-0.4, -0.2) is 6.61 Å². The largest absolute Gasteiger partial charge is 0.493 e. The first-order valence-electron chi connectivity index (χ1n) is 42.5. The monoisotopic (exact) mass is 1340 g/mol. The SMILES string of the molecule is CC(CCC(C)C(C)CC(C)(C)C)CC(C)(C)C.CCC(C)(C)C.CCC(C)CC(C)(C)C.CCCC(C)C.CCCC(C)C.CCCC(C)CCC.CCCCC(C)CC.CCCCCCCCCC(C)CCCCCCC.Cc1ccc(C)c(OCCCC(C)(C)C)c1. The van der Waals surface area contributed by atoms with Crippen LogP contribution in [0.2, 0.25) is 0 Å². The van der Waals surface area contributed by atoms with Crippen molar-refractivity contribution in [2.24, 2.45) is 80.3 Å². The van der Waals surface area contributed by atoms with Crippen LogP contribution in [0.4, 0.5) is 0 Å². The Kier molecular flexibility index (Phi) is 82.7. The fourth-order valence-electron chi connectivity index (χ4n) is 11.7. The summed E-state index contributed by atoms with van der Waals surface area (Å²) in [6.45, 7) is 87.9. The van der Waals surface area contributed by atoms with Crippen LogP contribution < -0.4 is 4.74 Å². The molecular weight excluding hydrogens is 1150 g/mol. The Labute approximate surface area is 611 Å². The molecule has 0 bridgehead atoms. The van der Waals surface area contributed by atoms with E-state index in [9.17, 15) is 0 Å². The van der Waals surface area contributed by atoms with E-state index in [4.69, 9.17) is 4.74 Å². The number of hydrogen-bond donors (Lipinski definition) is 0. The summed E-state index contributed by atoms with van der Waals surface area (Å²) in [7, 11) is 0. The van der Waals surface area contributed by atoms with Crippen molar-refractivity contribution in [2.75, 3.05) is 6.61 Å². The van der Waals surface area contributed by atoms with Gasteiger partial charge in [0, 0.05) is 0 Å². The molecule has 1 nitrogen and oxygen atoms in total. The standard InChI is InChI=1S/2C18H38.C15H24O.C9H20.2C8H18.3C6H14/c1-14(12-17(4,5)6)10-11-15(2)16(3)13-18(7,8)9;1-4-6-8-10-11-13-15-17-18(3)16-14-12-9-7-5-2;1-12-7-8-13(2)14(11-12)16-10-6-9-15(3,4)5;1-6-8(2)7-9(3,4)5;1-4-6-7-8(3)5-2;1-4-6-8(3)7-5-2;1-5-6(2,3)4;2*1-4-5-6(2)3/h14-16H,10-13H2,1-9H3;18H,4-17H2,1-3H3;7-8,11H,6,9-10H2,1-5H3;8H,6-7H2,1-5H3;2*8H,4-7H2,1-3H3;5H2,1-4H3;2*6H,4-5H2,1-3H3. The first kappa shape index (κ1) is 110. The van der Waals surface area contributed by atoms with Gasteiger partial charge in [0.25, 0.3) is 0 Å². The average molecular weight is 1340 g/mol. The van der Waals surface area contributed by atoms with Gasteiger partial charge in [-0.05, 0) is 143 Å². The van der Waals surface area contributed by atoms with Gasteiger partial charge in [-0.2, -0.15) is 0 Å². The van der Waals surface area contributed by atoms with E-state index in [0.29, 0.717) is 27.1 Å². The molecule has 0 aromatic heterocycles. The average Bonchev–Trinajstić information content (AvgIpc) is 1.69. The van der Waals surface area contributed by atoms with E-state index in [-0.39, 0.29) is 0 Å². The van der Waals surface area contributed by atoms with Gasteiger partial charge in [0.05, 0.1) is 6.61 Å². The maximum absolute atomic E-state index is 5.81. The third-order valence-electron chi connectivity index (χ3n) is 18.5. The van der Waals surface area contributed by atoms with Crippen molar-refractivity contribution < 1.29 is 4.74 Å². The van der Waals surface area contributed by atoms with Crippen molar-refractivity contribution in [3.63, 3.8) is 0 Å². The second-order valence-corrected chi connectivity index (χ2v) is 38.1. The zero-order valence-corrected chi connectivity index (χ0v) is 74.8. The summed E-state index contributed by atoms with van der Waals surface area (Å²) >= 11 is 0. The molecule has 0 N–H and O–H groups in total. The minimum atomic E-state index is 0.408. The van der Waals surface area contributed by atoms with Gasteiger partial charge in [-0.1, -0.05) is 454 Å². The third kappa shape index (κ3) is 112. The summed E-state index contributed by atoms with van der Waals surface area (Å²) in [6.07, 6.45) is 48.5. The number of aryl methyl sites for hydroxylation is 2. The summed E-state index contributed by atoms with van der Waals surface area (Å²) in [5, 5.41) is 0. The molecule has 1 rings (SSSR count). The van der Waals surface area contributed by atoms with Crippen molar-refractivity contribution in [3.05, 3.63) is 29.3 Å². The number of ether oxygens (including phenoxy) is 1. The summed E-state index contributed by atoms with van der Waals surface area (Å²) in [5.41, 5.74) is 4.92. The van der Waals surface area contributed by atoms with Gasteiger partial charge in [-0.25, -0.2) is 0 Å². The van der Waals surface area contributed by atoms with Crippen molar-refractivity contribution in [3.8, 4) is 5.75 Å². The summed E-state index contributed by atoms with van der Waals surface area (Å²) in [6, 6.07) is 6.36. The molecule has 0 aliphatic carbocycles. The molecule has 0 saturated heterocycles. The first-order chi connectivity index (χ1) is 43.8. The topological polar surface area (TPSA) is 9.23 Å². The number of hydrogen-bond acceptors (Lipinski definition) is 1. The Bertz CT molecular complexity index is 1560. The van der Waals surface area contributed by atoms with Crippen LogP contribution in [0.3, 0.4) is 0 Å². The minimum Gasteiger partial charge on any atom is -0.493 e. The van der Waals surface area contributed by atoms with E-state index in [1.54, 1.807) is 0 Å². The highest BCUT2D eigenvalue weighted by Gasteiger charge is 2.22. The molecule has 6 unspecified atom stereocenters. The molecule has 0 saturated carbocycles. The highest BCUT2D eigenvalue weighted by Crippen LogP contribution is 2.34. The zero-order valence-electron chi connectivity index (χ0n) is 74.8. The minimum absolute atomic E-state index is 0.408. The lowest BCUT2D eigenvalue weighted by Crippen LogP contribution is -2.18. The first-order valence-corrected chi connectivity index (χ1v) is 42.5. The van der Waals surface area contributed by atoms with Crippen molar-refractivity contribution in [1.29, 1.82) is 0 Å². The number of unbranched alkanes of at least 4 members (excludes halogenated alkanes) is 11. The lowest BCUT2D eigenvalue weighted by Gasteiger charge is -2.29. The molecule has 0 amide bonds. The Morgan fingerprint density at radius 2 is 0.663 bits per heavy atom. The normalized spacial score (nSPS) is 13.4. The molecule has 0 heterocycles. The van der Waals surface area contributed by atoms with Crippen LogP contribution in [0.5, 0.6) is 5.75 Å². The lowest BCUT2D eigenvalue weighted by atomic mass is 9.77. The van der Waals surface area contributed by atoms with Gasteiger partial charge < -0.3 is 4.74 Å². The summed E-state index contributed by atoms with van der Waals surface area (Å²) in [4.78, 5) is 0. The molecule has 580 valence electrons. The van der Waals surface area contributed by atoms with Crippen LogP contribution >= 0.6 is 0 Å². The number of rotatable bonds is 38. The Balaban J connectivity index is -0.000000155. The molecule has 0 fully saturated rings. The van der Waals surface area contributed by atoms with Crippen molar-refractivity contribution in [2.45, 2.75) is 488 Å². The Morgan fingerprint density at radius 1 is 0.305 bits per heavy atom. The predicted molar refractivity (Wildman–Crippen MR) is 451 cm³/mol. The molecule has 1 aromatic rings. The van der Waals surface area contributed by atoms with Crippen molar-refractivity contribution >= 4 is 0 Å². The van der Waals surface area contributed by atoms with Gasteiger partial charge in [0.2, 0.25) is 0 Å². The van der Waals surface area contributed by atoms with E-state index in [1.165, 1.54) is 229 Å². The van der Waals surface area contributed by atoms with E-state index < -0.39 is 0 Å². The highest BCUT2D eigenvalue weighted by molar-refractivity contribution is 5.35. The highest BCUT2D eigenvalue weighted by atomic mass is 16.5. The summed E-state index contributed by atoms with van der Waals surface area (Å²) in [5.74, 6) is 9.21. The lowest BCUT2D eigenvalue weighted by molar-refractivity contribution is 0.221. The fourth-order valence-corrected chi connectivity index (χ4v) is 11.7. The van der Waals surface area contributed by atoms with Gasteiger partial charge in [-0.15, -0.1) is 0 Å². The molecule has 6 atom stereocenters. The van der Waals surface area contributed by atoms with Gasteiger partial charge >= 0.3 is 0 Å². The zero-order chi connectivity index (χ0) is 75.7. The Morgan fingerprint density at radius 3 is 0.979 bits per heavy atom. The van der Waals surface area contributed by atoms with Crippen LogP contribution in [0.1, 0.15) is 485 Å². The summed E-state index contributed by atoms with van der Waals surface area (Å²) < 4.78 is 5.81. The van der Waals surface area contributed by atoms with Crippen LogP contribution in [0.25, 0.3) is 0 Å². The molecule has 0 aliphatic rings. The molecule has 1 heteroatoms. The van der Waals surface area contributed by atoms with Gasteiger partial charge in [0.15, 0.2) is 0 Å². The predicted octanol–water partition coefficient (Wildman–Crippen LogP) is 35.4. The molecule has 0 radical (unpaired) electrons. The van der Waals surface area contributed by atoms with Crippen LogP contribution in [-0.2, 0) is 0 Å². The molecular formula is C94H198O. The number of benzene rings is 1. The molecule has 0 aliphatic heterocycles. The fraction of sp³-hybridized carbons (Fsp3) is 0.936. The molecule has 95 heavy (non-hydrogen) atoms. The Hall–Kier alpha value is -0.980. The third-order valence-corrected chi connectivity index (χ3v) is 18.5. The maximum Gasteiger partial charge on any atom is 0.122 e. The van der Waals surface area contributed by atoms with E-state index in [0.717, 1.165) is 72.0 Å². The second-order valence-electron chi connectivity index (χ2n) is 38.1. The van der Waals surface area contributed by atoms with Crippen molar-refractivity contribution in [1.82, 2.24) is 0 Å². The molecule has 0 spiro atoms. The smallest absolute Gasteiger partial charge is 0.122 e. The van der Waals surface area contributed by atoms with E-state index in [1.807, 2.05) is 0 Å². The second kappa shape index (κ2) is 71.4. The van der Waals surface area contributed by atoms with Gasteiger partial charge in [-0.3, -0.25) is 0 Å². The van der Waals surface area contributed by atoms with Gasteiger partial charge in [0.1, 0.15) is 5.75 Å². The van der Waals surface area contributed by atoms with Crippen LogP contribution in [0, 0.1) is 94.2 Å². The van der Waals surface area contributed by atoms with E-state index >= 15 is 0 Å². The van der Waals surface area contributed by atoms with Crippen LogP contribution in [0.15, 0.2) is 18.2 Å². The van der Waals surface area contributed by atoms with E-state index in [2.05, 4.69) is 281 Å². The quantitative estimate of drug-likeness (QED) is 0.0600. The molecule has 1 aromatic carbocycles. The maximum atomic E-state index is 5.81.